The number of aromatic nitrogens is 2. The lowest BCUT2D eigenvalue weighted by atomic mass is 10.2. The minimum Gasteiger partial charge on any atom is -0.543 e. The molecule has 0 bridgehead atoms. The summed E-state index contributed by atoms with van der Waals surface area (Å²) in [5, 5.41) is 23.1. The topological polar surface area (TPSA) is 109 Å². The fourth-order valence-electron chi connectivity index (χ4n) is 0.908. The number of carboxylic acid groups (broad SMARTS) is 1. The molecule has 6 heteroatoms. The van der Waals surface area contributed by atoms with Crippen LogP contribution in [0.4, 0.5) is 0 Å². The Morgan fingerprint density at radius 3 is 2.67 bits per heavy atom. The molecule has 1 rings (SSSR count). The molecule has 1 heterocycles. The highest BCUT2D eigenvalue weighted by molar-refractivity contribution is 5.84. The number of H-pyrrole nitrogens is 2. The van der Waals surface area contributed by atoms with Gasteiger partial charge in [-0.3, -0.25) is 15.0 Å². The van der Waals surface area contributed by atoms with Gasteiger partial charge in [0.25, 0.3) is 5.56 Å². The van der Waals surface area contributed by atoms with Crippen LogP contribution in [0.15, 0.2) is 4.79 Å². The molecule has 0 unspecified atom stereocenters. The van der Waals surface area contributed by atoms with Gasteiger partial charge in [-0.2, -0.15) is 0 Å². The second-order valence-corrected chi connectivity index (χ2v) is 2.19. The third-order valence-electron chi connectivity index (χ3n) is 1.44. The number of aliphatic hydroxyl groups excluding tert-OH is 1. The monoisotopic (exact) mass is 171 g/mol. The summed E-state index contributed by atoms with van der Waals surface area (Å²) in [6.45, 7) is -0.277. The van der Waals surface area contributed by atoms with Crippen LogP contribution in [0.25, 0.3) is 0 Å². The van der Waals surface area contributed by atoms with Crippen LogP contribution in [-0.4, -0.2) is 27.9 Å². The summed E-state index contributed by atoms with van der Waals surface area (Å²) in [5.41, 5.74) is -0.824. The Bertz CT molecular complexity index is 338. The smallest absolute Gasteiger partial charge is 0.267 e. The maximum atomic E-state index is 10.8. The highest BCUT2D eigenvalue weighted by atomic mass is 16.4. The summed E-state index contributed by atoms with van der Waals surface area (Å²) in [6, 6.07) is 0. The fraction of sp³-hybridized carbons (Fsp3) is 0.333. The van der Waals surface area contributed by atoms with Crippen molar-refractivity contribution in [3.05, 3.63) is 21.6 Å². The van der Waals surface area contributed by atoms with E-state index in [1.54, 1.807) is 0 Å². The van der Waals surface area contributed by atoms with Crippen LogP contribution in [0.5, 0.6) is 0 Å². The Morgan fingerprint density at radius 2 is 2.17 bits per heavy atom. The number of aromatic amines is 2. The zero-order valence-corrected chi connectivity index (χ0v) is 6.09. The molecule has 0 aliphatic carbocycles. The molecule has 1 aromatic heterocycles. The van der Waals surface area contributed by atoms with E-state index >= 15 is 0 Å². The van der Waals surface area contributed by atoms with Gasteiger partial charge in [0.2, 0.25) is 0 Å². The second-order valence-electron chi connectivity index (χ2n) is 2.19. The Labute approximate surface area is 66.8 Å². The average Bonchev–Trinajstić information content (AvgIpc) is 2.34. The normalized spacial score (nSPS) is 10.1. The van der Waals surface area contributed by atoms with Crippen molar-refractivity contribution in [3.8, 4) is 0 Å². The molecule has 0 saturated heterocycles. The van der Waals surface area contributed by atoms with E-state index in [1.807, 2.05) is 0 Å². The molecule has 0 aliphatic heterocycles. The predicted molar refractivity (Wildman–Crippen MR) is 36.5 cm³/mol. The number of hydrogen-bond acceptors (Lipinski definition) is 4. The van der Waals surface area contributed by atoms with E-state index in [2.05, 4.69) is 10.2 Å². The van der Waals surface area contributed by atoms with E-state index in [0.29, 0.717) is 0 Å². The molecule has 0 aliphatic rings. The minimum absolute atomic E-state index is 0.00213. The van der Waals surface area contributed by atoms with Crippen LogP contribution in [0, 0.1) is 0 Å². The van der Waals surface area contributed by atoms with E-state index in [-0.39, 0.29) is 24.3 Å². The molecular formula is C6H7N2O4-. The van der Waals surface area contributed by atoms with Crippen LogP contribution in [0.2, 0.25) is 0 Å². The molecule has 0 radical (unpaired) electrons. The second kappa shape index (κ2) is 3.22. The number of hydrogen-bond donors (Lipinski definition) is 3. The van der Waals surface area contributed by atoms with E-state index in [1.165, 1.54) is 0 Å². The summed E-state index contributed by atoms with van der Waals surface area (Å²) in [6.07, 6.45) is 0.00213. The fourth-order valence-corrected chi connectivity index (χ4v) is 0.908. The summed E-state index contributed by atoms with van der Waals surface area (Å²) < 4.78 is 0. The van der Waals surface area contributed by atoms with Crippen molar-refractivity contribution in [2.75, 3.05) is 6.61 Å². The summed E-state index contributed by atoms with van der Waals surface area (Å²) in [4.78, 5) is 21.2. The van der Waals surface area contributed by atoms with Crippen molar-refractivity contribution in [1.82, 2.24) is 10.2 Å². The molecule has 12 heavy (non-hydrogen) atoms. The molecule has 66 valence electrons. The summed E-state index contributed by atoms with van der Waals surface area (Å²) in [7, 11) is 0. The standard InChI is InChI=1S/C6H8N2O4/c9-2-1-3-4(6(11)12)7-8-5(3)10/h9H,1-2H2,(H,11,12)(H2,7,8,10)/p-1. The van der Waals surface area contributed by atoms with Gasteiger partial charge in [0.05, 0.1) is 11.7 Å². The predicted octanol–water partition coefficient (Wildman–Crippen LogP) is -2.40. The van der Waals surface area contributed by atoms with Gasteiger partial charge in [0.15, 0.2) is 0 Å². The van der Waals surface area contributed by atoms with E-state index in [4.69, 9.17) is 5.11 Å². The van der Waals surface area contributed by atoms with Gasteiger partial charge in [-0.15, -0.1) is 0 Å². The number of rotatable bonds is 3. The highest BCUT2D eigenvalue weighted by Crippen LogP contribution is 1.97. The summed E-state index contributed by atoms with van der Waals surface area (Å²) >= 11 is 0. The first-order chi connectivity index (χ1) is 5.66. The maximum absolute atomic E-state index is 10.8. The van der Waals surface area contributed by atoms with Crippen LogP contribution in [0.3, 0.4) is 0 Å². The Hall–Kier alpha value is -1.56. The third kappa shape index (κ3) is 1.37. The first-order valence-corrected chi connectivity index (χ1v) is 3.28. The van der Waals surface area contributed by atoms with Gasteiger partial charge in [0.1, 0.15) is 0 Å². The van der Waals surface area contributed by atoms with Crippen molar-refractivity contribution < 1.29 is 15.0 Å². The van der Waals surface area contributed by atoms with Crippen molar-refractivity contribution in [2.24, 2.45) is 0 Å². The van der Waals surface area contributed by atoms with Crippen molar-refractivity contribution in [3.63, 3.8) is 0 Å². The van der Waals surface area contributed by atoms with Gasteiger partial charge in [0, 0.05) is 18.6 Å². The molecule has 0 atom stereocenters. The van der Waals surface area contributed by atoms with Crippen LogP contribution >= 0.6 is 0 Å². The van der Waals surface area contributed by atoms with Crippen LogP contribution < -0.4 is 10.7 Å². The first-order valence-electron chi connectivity index (χ1n) is 3.28. The highest BCUT2D eigenvalue weighted by Gasteiger charge is 2.08. The largest absolute Gasteiger partial charge is 0.543 e. The molecule has 1 aromatic rings. The van der Waals surface area contributed by atoms with Gasteiger partial charge < -0.3 is 15.0 Å². The molecule has 0 saturated carbocycles. The lowest BCUT2D eigenvalue weighted by Gasteiger charge is -1.99. The molecule has 0 fully saturated rings. The van der Waals surface area contributed by atoms with Gasteiger partial charge in [-0.05, 0) is 0 Å². The zero-order chi connectivity index (χ0) is 9.14. The maximum Gasteiger partial charge on any atom is 0.267 e. The average molecular weight is 171 g/mol. The molecular weight excluding hydrogens is 164 g/mol. The van der Waals surface area contributed by atoms with Crippen LogP contribution in [-0.2, 0) is 6.42 Å². The Balaban J connectivity index is 3.12. The minimum atomic E-state index is -1.46. The number of nitrogens with one attached hydrogen (secondary N) is 2. The van der Waals surface area contributed by atoms with E-state index in [0.717, 1.165) is 0 Å². The zero-order valence-electron chi connectivity index (χ0n) is 6.09. The van der Waals surface area contributed by atoms with Crippen molar-refractivity contribution in [1.29, 1.82) is 0 Å². The first kappa shape index (κ1) is 8.54. The Morgan fingerprint density at radius 1 is 1.50 bits per heavy atom. The number of carbonyl (C=O) groups is 1. The quantitative estimate of drug-likeness (QED) is 0.471. The lowest BCUT2D eigenvalue weighted by Crippen LogP contribution is -2.25. The van der Waals surface area contributed by atoms with Crippen LogP contribution in [0.1, 0.15) is 16.1 Å². The van der Waals surface area contributed by atoms with Gasteiger partial charge in [-0.1, -0.05) is 0 Å². The van der Waals surface area contributed by atoms with E-state index < -0.39 is 11.5 Å². The SMILES string of the molecule is O=C([O-])c1[nH][nH]c(=O)c1CCO. The molecule has 0 aromatic carbocycles. The van der Waals surface area contributed by atoms with Crippen molar-refractivity contribution >= 4 is 5.97 Å². The molecule has 3 N–H and O–H groups in total. The number of aliphatic hydroxyl groups is 1. The Kier molecular flexibility index (Phi) is 2.29. The molecule has 0 amide bonds. The van der Waals surface area contributed by atoms with E-state index in [9.17, 15) is 14.7 Å². The number of carboxylic acids is 1. The third-order valence-corrected chi connectivity index (χ3v) is 1.44. The van der Waals surface area contributed by atoms with Gasteiger partial charge in [-0.25, -0.2) is 0 Å². The summed E-state index contributed by atoms with van der Waals surface area (Å²) in [5.74, 6) is -1.46. The number of carbonyl (C=O) groups excluding carboxylic acids is 1. The number of aromatic carboxylic acids is 1. The molecule has 0 spiro atoms. The van der Waals surface area contributed by atoms with Crippen molar-refractivity contribution in [2.45, 2.75) is 6.42 Å². The molecule has 6 nitrogen and oxygen atoms in total. The lowest BCUT2D eigenvalue weighted by molar-refractivity contribution is -0.255. The van der Waals surface area contributed by atoms with Gasteiger partial charge >= 0.3 is 0 Å².